The standard InChI is InChI=1S/C10H6N2O4/c13-9-5-7(10(14)11-9)6-3-1-2-4-8(6)12(15)16/h1-5H,(H,11,13,14). The molecule has 6 nitrogen and oxygen atoms in total. The molecule has 0 radical (unpaired) electrons. The van der Waals surface area contributed by atoms with E-state index >= 15 is 0 Å². The minimum Gasteiger partial charge on any atom is -0.289 e. The Morgan fingerprint density at radius 3 is 2.44 bits per heavy atom. The Kier molecular flexibility index (Phi) is 2.24. The largest absolute Gasteiger partial charge is 0.289 e. The topological polar surface area (TPSA) is 89.3 Å². The number of hydrogen-bond acceptors (Lipinski definition) is 4. The number of nitrogens with one attached hydrogen (secondary N) is 1. The van der Waals surface area contributed by atoms with E-state index in [1.165, 1.54) is 18.2 Å². The third-order valence-electron chi connectivity index (χ3n) is 2.15. The second-order valence-electron chi connectivity index (χ2n) is 3.15. The lowest BCUT2D eigenvalue weighted by atomic mass is 10.0. The van der Waals surface area contributed by atoms with Crippen LogP contribution >= 0.6 is 0 Å². The van der Waals surface area contributed by atoms with Gasteiger partial charge >= 0.3 is 0 Å². The van der Waals surface area contributed by atoms with E-state index < -0.39 is 16.7 Å². The first-order chi connectivity index (χ1) is 7.59. The van der Waals surface area contributed by atoms with Gasteiger partial charge in [-0.3, -0.25) is 25.0 Å². The summed E-state index contributed by atoms with van der Waals surface area (Å²) in [6.07, 6.45) is 1.06. The second kappa shape index (κ2) is 3.58. The van der Waals surface area contributed by atoms with Gasteiger partial charge in [-0.05, 0) is 6.07 Å². The van der Waals surface area contributed by atoms with Gasteiger partial charge < -0.3 is 0 Å². The summed E-state index contributed by atoms with van der Waals surface area (Å²) in [7, 11) is 0. The predicted octanol–water partition coefficient (Wildman–Crippen LogP) is 0.635. The van der Waals surface area contributed by atoms with Crippen LogP contribution in [0.4, 0.5) is 5.69 Å². The van der Waals surface area contributed by atoms with Gasteiger partial charge in [0.05, 0.1) is 16.1 Å². The third-order valence-corrected chi connectivity index (χ3v) is 2.15. The van der Waals surface area contributed by atoms with Gasteiger partial charge in [-0.1, -0.05) is 12.1 Å². The summed E-state index contributed by atoms with van der Waals surface area (Å²) in [6, 6.07) is 5.78. The fraction of sp³-hybridized carbons (Fsp3) is 0. The van der Waals surface area contributed by atoms with E-state index in [1.807, 2.05) is 5.32 Å². The number of para-hydroxylation sites is 1. The van der Waals surface area contributed by atoms with Crippen molar-refractivity contribution in [1.29, 1.82) is 0 Å². The Morgan fingerprint density at radius 1 is 1.19 bits per heavy atom. The van der Waals surface area contributed by atoms with E-state index in [-0.39, 0.29) is 16.8 Å². The van der Waals surface area contributed by atoms with Crippen molar-refractivity contribution < 1.29 is 14.5 Å². The summed E-state index contributed by atoms with van der Waals surface area (Å²) >= 11 is 0. The average molecular weight is 218 g/mol. The molecule has 1 aliphatic heterocycles. The molecule has 0 spiro atoms. The number of nitrogens with zero attached hydrogens (tertiary/aromatic N) is 1. The Morgan fingerprint density at radius 2 is 1.88 bits per heavy atom. The SMILES string of the molecule is O=C1C=C(c2ccccc2[N+](=O)[O-])C(=O)N1. The van der Waals surface area contributed by atoms with Crippen molar-refractivity contribution in [1.82, 2.24) is 5.32 Å². The smallest absolute Gasteiger partial charge is 0.277 e. The number of rotatable bonds is 2. The van der Waals surface area contributed by atoms with Gasteiger partial charge in [-0.15, -0.1) is 0 Å². The zero-order valence-electron chi connectivity index (χ0n) is 7.97. The lowest BCUT2D eigenvalue weighted by Crippen LogP contribution is -2.21. The highest BCUT2D eigenvalue weighted by Crippen LogP contribution is 2.27. The second-order valence-corrected chi connectivity index (χ2v) is 3.15. The molecule has 1 N–H and O–H groups in total. The third kappa shape index (κ3) is 1.56. The number of carbonyl (C=O) groups excluding carboxylic acids is 2. The molecule has 1 heterocycles. The monoisotopic (exact) mass is 218 g/mol. The fourth-order valence-corrected chi connectivity index (χ4v) is 1.47. The first-order valence-corrected chi connectivity index (χ1v) is 4.40. The zero-order chi connectivity index (χ0) is 11.7. The van der Waals surface area contributed by atoms with Gasteiger partial charge in [0.15, 0.2) is 0 Å². The van der Waals surface area contributed by atoms with Gasteiger partial charge in [0.25, 0.3) is 17.5 Å². The van der Waals surface area contributed by atoms with Crippen molar-refractivity contribution in [2.45, 2.75) is 0 Å². The molecule has 1 aliphatic rings. The number of benzene rings is 1. The minimum atomic E-state index is -0.612. The normalized spacial score (nSPS) is 14.6. The molecule has 16 heavy (non-hydrogen) atoms. The lowest BCUT2D eigenvalue weighted by Gasteiger charge is -2.00. The van der Waals surface area contributed by atoms with Crippen LogP contribution in [-0.4, -0.2) is 16.7 Å². The molecule has 1 aromatic carbocycles. The van der Waals surface area contributed by atoms with Crippen LogP contribution in [-0.2, 0) is 9.59 Å². The zero-order valence-corrected chi connectivity index (χ0v) is 7.97. The van der Waals surface area contributed by atoms with Crippen molar-refractivity contribution in [2.75, 3.05) is 0 Å². The van der Waals surface area contributed by atoms with Gasteiger partial charge in [-0.25, -0.2) is 0 Å². The highest BCUT2D eigenvalue weighted by Gasteiger charge is 2.27. The van der Waals surface area contributed by atoms with E-state index in [0.29, 0.717) is 0 Å². The molecule has 0 unspecified atom stereocenters. The molecule has 0 aliphatic carbocycles. The molecule has 0 bridgehead atoms. The van der Waals surface area contributed by atoms with Crippen LogP contribution in [0.15, 0.2) is 30.3 Å². The Bertz CT molecular complexity index is 533. The van der Waals surface area contributed by atoms with Gasteiger partial charge in [0.2, 0.25) is 0 Å². The summed E-state index contributed by atoms with van der Waals surface area (Å²) < 4.78 is 0. The molecular weight excluding hydrogens is 212 g/mol. The van der Waals surface area contributed by atoms with Gasteiger partial charge in [0.1, 0.15) is 0 Å². The van der Waals surface area contributed by atoms with Crippen molar-refractivity contribution in [3.05, 3.63) is 46.0 Å². The van der Waals surface area contributed by atoms with E-state index in [9.17, 15) is 19.7 Å². The highest BCUT2D eigenvalue weighted by molar-refractivity contribution is 6.34. The van der Waals surface area contributed by atoms with Gasteiger partial charge in [-0.2, -0.15) is 0 Å². The fourth-order valence-electron chi connectivity index (χ4n) is 1.47. The van der Waals surface area contributed by atoms with Gasteiger partial charge in [0, 0.05) is 12.1 Å². The molecule has 0 saturated heterocycles. The Hall–Kier alpha value is -2.50. The number of nitro groups is 1. The highest BCUT2D eigenvalue weighted by atomic mass is 16.6. The summed E-state index contributed by atoms with van der Waals surface area (Å²) in [5, 5.41) is 12.8. The summed E-state index contributed by atoms with van der Waals surface area (Å²) in [5.74, 6) is -1.17. The van der Waals surface area contributed by atoms with E-state index in [1.54, 1.807) is 6.07 Å². The molecule has 1 aromatic rings. The van der Waals surface area contributed by atoms with Crippen LogP contribution in [0.25, 0.3) is 5.57 Å². The van der Waals surface area contributed by atoms with Crippen molar-refractivity contribution in [2.24, 2.45) is 0 Å². The van der Waals surface area contributed by atoms with Crippen molar-refractivity contribution in [3.63, 3.8) is 0 Å². The number of amides is 2. The molecule has 6 heteroatoms. The molecular formula is C10H6N2O4. The van der Waals surface area contributed by atoms with E-state index in [0.717, 1.165) is 6.08 Å². The lowest BCUT2D eigenvalue weighted by molar-refractivity contribution is -0.385. The van der Waals surface area contributed by atoms with Crippen LogP contribution < -0.4 is 5.32 Å². The number of hydrogen-bond donors (Lipinski definition) is 1. The summed E-state index contributed by atoms with van der Waals surface area (Å²) in [5.41, 5.74) is -0.0215. The van der Waals surface area contributed by atoms with Crippen LogP contribution in [0.2, 0.25) is 0 Å². The maximum atomic E-state index is 11.3. The van der Waals surface area contributed by atoms with Crippen molar-refractivity contribution in [3.8, 4) is 0 Å². The number of nitro benzene ring substituents is 1. The molecule has 0 aromatic heterocycles. The van der Waals surface area contributed by atoms with Crippen LogP contribution in [0.5, 0.6) is 0 Å². The molecule has 0 saturated carbocycles. The van der Waals surface area contributed by atoms with Crippen LogP contribution in [0.3, 0.4) is 0 Å². The molecule has 0 atom stereocenters. The quantitative estimate of drug-likeness (QED) is 0.448. The number of carbonyl (C=O) groups is 2. The summed E-state index contributed by atoms with van der Waals surface area (Å²) in [6.45, 7) is 0. The number of imide groups is 1. The maximum Gasteiger partial charge on any atom is 0.277 e. The maximum absolute atomic E-state index is 11.3. The Balaban J connectivity index is 2.57. The molecule has 2 amide bonds. The first kappa shape index (κ1) is 10.0. The average Bonchev–Trinajstić information content (AvgIpc) is 2.57. The molecule has 2 rings (SSSR count). The first-order valence-electron chi connectivity index (χ1n) is 4.40. The molecule has 0 fully saturated rings. The van der Waals surface area contributed by atoms with E-state index in [4.69, 9.17) is 0 Å². The Labute approximate surface area is 89.7 Å². The predicted molar refractivity (Wildman–Crippen MR) is 54.2 cm³/mol. The minimum absolute atomic E-state index is 0.0253. The van der Waals surface area contributed by atoms with Crippen LogP contribution in [0.1, 0.15) is 5.56 Å². The summed E-state index contributed by atoms with van der Waals surface area (Å²) in [4.78, 5) is 32.4. The van der Waals surface area contributed by atoms with Crippen molar-refractivity contribution >= 4 is 23.1 Å². The van der Waals surface area contributed by atoms with Crippen LogP contribution in [0, 0.1) is 10.1 Å². The van der Waals surface area contributed by atoms with E-state index in [2.05, 4.69) is 0 Å². The molecule has 80 valence electrons.